The molecule has 0 saturated carbocycles. The van der Waals surface area contributed by atoms with Crippen LogP contribution in [0, 0.1) is 0 Å². The maximum Gasteiger partial charge on any atom is 0.284 e. The number of rotatable bonds is 7. The highest BCUT2D eigenvalue weighted by molar-refractivity contribution is 7.98. The smallest absolute Gasteiger partial charge is 0.284 e. The van der Waals surface area contributed by atoms with Gasteiger partial charge in [-0.3, -0.25) is 0 Å². The molecule has 3 nitrogen and oxygen atoms in total. The molecular formula is C12H18ClF2NO2S. The van der Waals surface area contributed by atoms with E-state index < -0.39 is 5.76 Å². The van der Waals surface area contributed by atoms with E-state index in [0.29, 0.717) is 30.2 Å². The summed E-state index contributed by atoms with van der Waals surface area (Å²) in [6.45, 7) is 2.27. The number of nitrogens with one attached hydrogen (secondary N) is 1. The van der Waals surface area contributed by atoms with Gasteiger partial charge in [-0.1, -0.05) is 11.8 Å². The van der Waals surface area contributed by atoms with Gasteiger partial charge in [0.1, 0.15) is 11.5 Å². The SMILES string of the molecule is Cl.FC(F)SCc1ccc(CNCC2CCCO2)o1. The van der Waals surface area contributed by atoms with E-state index in [1.54, 1.807) is 6.07 Å². The predicted octanol–water partition coefficient (Wildman–Crippen LogP) is 3.43. The Bertz CT molecular complexity index is 359. The second kappa shape index (κ2) is 8.79. The summed E-state index contributed by atoms with van der Waals surface area (Å²) in [4.78, 5) is 0. The van der Waals surface area contributed by atoms with Crippen LogP contribution >= 0.6 is 24.2 Å². The molecule has 2 rings (SSSR count). The average Bonchev–Trinajstić information content (AvgIpc) is 2.97. The third-order valence-electron chi connectivity index (χ3n) is 2.76. The summed E-state index contributed by atoms with van der Waals surface area (Å²) in [5.41, 5.74) is 0. The Morgan fingerprint density at radius 1 is 1.37 bits per heavy atom. The first-order chi connectivity index (χ1) is 8.74. The molecule has 0 spiro atoms. The lowest BCUT2D eigenvalue weighted by Crippen LogP contribution is -2.25. The third-order valence-corrected chi connectivity index (χ3v) is 3.47. The van der Waals surface area contributed by atoms with Crippen molar-refractivity contribution in [3.8, 4) is 0 Å². The largest absolute Gasteiger partial charge is 0.464 e. The van der Waals surface area contributed by atoms with Crippen molar-refractivity contribution < 1.29 is 17.9 Å². The highest BCUT2D eigenvalue weighted by atomic mass is 35.5. The van der Waals surface area contributed by atoms with Gasteiger partial charge in [-0.25, -0.2) is 0 Å². The lowest BCUT2D eigenvalue weighted by atomic mass is 10.2. The monoisotopic (exact) mass is 313 g/mol. The van der Waals surface area contributed by atoms with Crippen LogP contribution in [0.3, 0.4) is 0 Å². The van der Waals surface area contributed by atoms with Crippen molar-refractivity contribution in [2.24, 2.45) is 0 Å². The highest BCUT2D eigenvalue weighted by Gasteiger charge is 2.14. The van der Waals surface area contributed by atoms with E-state index in [1.807, 2.05) is 6.07 Å². The summed E-state index contributed by atoms with van der Waals surface area (Å²) in [7, 11) is 0. The summed E-state index contributed by atoms with van der Waals surface area (Å²) >= 11 is 0.574. The van der Waals surface area contributed by atoms with Crippen LogP contribution in [-0.2, 0) is 17.0 Å². The fraction of sp³-hybridized carbons (Fsp3) is 0.667. The van der Waals surface area contributed by atoms with E-state index >= 15 is 0 Å². The number of halogens is 3. The Kier molecular flexibility index (Phi) is 7.75. The summed E-state index contributed by atoms with van der Waals surface area (Å²) in [6.07, 6.45) is 2.53. The van der Waals surface area contributed by atoms with Gasteiger partial charge in [0, 0.05) is 13.2 Å². The van der Waals surface area contributed by atoms with Crippen LogP contribution < -0.4 is 5.32 Å². The Labute approximate surface area is 121 Å². The van der Waals surface area contributed by atoms with E-state index in [4.69, 9.17) is 9.15 Å². The van der Waals surface area contributed by atoms with Crippen molar-refractivity contribution in [1.29, 1.82) is 0 Å². The number of alkyl halides is 2. The molecule has 110 valence electrons. The molecule has 19 heavy (non-hydrogen) atoms. The molecule has 0 amide bonds. The molecule has 0 bridgehead atoms. The first-order valence-electron chi connectivity index (χ1n) is 6.03. The van der Waals surface area contributed by atoms with E-state index in [-0.39, 0.29) is 18.2 Å². The molecule has 0 aliphatic carbocycles. The Morgan fingerprint density at radius 2 is 2.16 bits per heavy atom. The Morgan fingerprint density at radius 3 is 2.84 bits per heavy atom. The van der Waals surface area contributed by atoms with Gasteiger partial charge in [0.2, 0.25) is 0 Å². The van der Waals surface area contributed by atoms with Crippen LogP contribution in [0.2, 0.25) is 0 Å². The maximum atomic E-state index is 12.0. The van der Waals surface area contributed by atoms with E-state index in [1.165, 1.54) is 0 Å². The molecule has 1 saturated heterocycles. The topological polar surface area (TPSA) is 34.4 Å². The quantitative estimate of drug-likeness (QED) is 0.836. The Hall–Kier alpha value is -0.300. The molecule has 1 aliphatic heterocycles. The second-order valence-corrected chi connectivity index (χ2v) is 5.18. The van der Waals surface area contributed by atoms with E-state index in [0.717, 1.165) is 31.8 Å². The second-order valence-electron chi connectivity index (χ2n) is 4.21. The third kappa shape index (κ3) is 6.12. The van der Waals surface area contributed by atoms with Gasteiger partial charge < -0.3 is 14.5 Å². The average molecular weight is 314 g/mol. The molecule has 1 unspecified atom stereocenters. The summed E-state index contributed by atoms with van der Waals surface area (Å²) in [6, 6.07) is 3.57. The van der Waals surface area contributed by atoms with Crippen molar-refractivity contribution in [3.63, 3.8) is 0 Å². The van der Waals surface area contributed by atoms with Gasteiger partial charge in [-0.2, -0.15) is 8.78 Å². The minimum atomic E-state index is -2.35. The molecule has 7 heteroatoms. The number of furan rings is 1. The molecule has 1 aromatic heterocycles. The summed E-state index contributed by atoms with van der Waals surface area (Å²) in [5, 5.41) is 3.25. The molecule has 1 N–H and O–H groups in total. The Balaban J connectivity index is 0.00000180. The van der Waals surface area contributed by atoms with Crippen molar-refractivity contribution >= 4 is 24.2 Å². The van der Waals surface area contributed by atoms with Crippen LogP contribution in [0.4, 0.5) is 8.78 Å². The minimum Gasteiger partial charge on any atom is -0.464 e. The van der Waals surface area contributed by atoms with Crippen LogP contribution in [0.1, 0.15) is 24.4 Å². The van der Waals surface area contributed by atoms with Crippen LogP contribution in [0.15, 0.2) is 16.5 Å². The molecule has 1 fully saturated rings. The van der Waals surface area contributed by atoms with Crippen molar-refractivity contribution in [3.05, 3.63) is 23.7 Å². The van der Waals surface area contributed by atoms with Crippen molar-refractivity contribution in [2.75, 3.05) is 13.2 Å². The van der Waals surface area contributed by atoms with Gasteiger partial charge >= 0.3 is 0 Å². The summed E-state index contributed by atoms with van der Waals surface area (Å²) < 4.78 is 34.9. The first-order valence-corrected chi connectivity index (χ1v) is 7.08. The van der Waals surface area contributed by atoms with Gasteiger partial charge in [0.05, 0.1) is 18.4 Å². The molecule has 2 heterocycles. The molecule has 1 atom stereocenters. The van der Waals surface area contributed by atoms with Crippen LogP contribution in [0.25, 0.3) is 0 Å². The number of ether oxygens (including phenoxy) is 1. The predicted molar refractivity (Wildman–Crippen MR) is 73.9 cm³/mol. The maximum absolute atomic E-state index is 12.0. The number of hydrogen-bond acceptors (Lipinski definition) is 4. The van der Waals surface area contributed by atoms with Gasteiger partial charge in [-0.15, -0.1) is 12.4 Å². The number of hydrogen-bond donors (Lipinski definition) is 1. The number of thioether (sulfide) groups is 1. The van der Waals surface area contributed by atoms with Gasteiger partial charge in [0.25, 0.3) is 5.76 Å². The van der Waals surface area contributed by atoms with E-state index in [2.05, 4.69) is 5.32 Å². The normalized spacial score (nSPS) is 18.8. The molecule has 1 aliphatic rings. The lowest BCUT2D eigenvalue weighted by molar-refractivity contribution is 0.109. The van der Waals surface area contributed by atoms with Crippen molar-refractivity contribution in [2.45, 2.75) is 37.0 Å². The van der Waals surface area contributed by atoms with Gasteiger partial charge in [0.15, 0.2) is 0 Å². The molecule has 0 aromatic carbocycles. The van der Waals surface area contributed by atoms with Crippen molar-refractivity contribution in [1.82, 2.24) is 5.32 Å². The first kappa shape index (κ1) is 16.8. The zero-order chi connectivity index (χ0) is 12.8. The standard InChI is InChI=1S/C12H17F2NO2S.ClH/c13-12(14)18-8-11-4-3-10(17-11)7-15-6-9-2-1-5-16-9;/h3-4,9,12,15H,1-2,5-8H2;1H. The molecule has 1 aromatic rings. The lowest BCUT2D eigenvalue weighted by Gasteiger charge is -2.09. The molecular weight excluding hydrogens is 296 g/mol. The fourth-order valence-corrected chi connectivity index (χ4v) is 2.35. The van der Waals surface area contributed by atoms with Gasteiger partial charge in [-0.05, 0) is 25.0 Å². The van der Waals surface area contributed by atoms with E-state index in [9.17, 15) is 8.78 Å². The minimum absolute atomic E-state index is 0. The van der Waals surface area contributed by atoms with Crippen LogP contribution in [-0.4, -0.2) is 25.0 Å². The zero-order valence-corrected chi connectivity index (χ0v) is 12.1. The molecule has 0 radical (unpaired) electrons. The van der Waals surface area contributed by atoms with Crippen LogP contribution in [0.5, 0.6) is 0 Å². The summed E-state index contributed by atoms with van der Waals surface area (Å²) in [5.74, 6) is -0.771. The highest BCUT2D eigenvalue weighted by Crippen LogP contribution is 2.21. The zero-order valence-electron chi connectivity index (χ0n) is 10.4. The fourth-order valence-electron chi connectivity index (χ4n) is 1.90.